The zero-order valence-corrected chi connectivity index (χ0v) is 16.4. The van der Waals surface area contributed by atoms with Gasteiger partial charge in [0.05, 0.1) is 12.2 Å². The zero-order valence-electron chi connectivity index (χ0n) is 15.7. The summed E-state index contributed by atoms with van der Waals surface area (Å²) in [4.78, 5) is 15.4. The van der Waals surface area contributed by atoms with Gasteiger partial charge in [-0.25, -0.2) is 9.78 Å². The average molecular weight is 434 g/mol. The number of hydrogen-bond donors (Lipinski definition) is 0. The summed E-state index contributed by atoms with van der Waals surface area (Å²) in [6.45, 7) is 4.35. The second kappa shape index (κ2) is 10.3. The van der Waals surface area contributed by atoms with Gasteiger partial charge in [-0.15, -0.1) is 0 Å². The van der Waals surface area contributed by atoms with Gasteiger partial charge >= 0.3 is 12.1 Å². The number of carbonyl (C=O) groups excluding carboxylic acids is 1. The van der Waals surface area contributed by atoms with Crippen LogP contribution in [-0.2, 0) is 20.4 Å². The maximum absolute atomic E-state index is 12.6. The van der Waals surface area contributed by atoms with Crippen molar-refractivity contribution >= 4 is 17.6 Å². The number of benzene rings is 1. The standard InChI is InChI=1S/C19H19ClF3NO5/c1-3-26-8-9-27-18(25)12(2)28-14-4-6-15(7-5-14)29-17-16(20)10-13(11-24-17)19(21,22)23/h4-7,10-12H,3,8-9H2,1-2H3/t12-/m1/s1. The van der Waals surface area contributed by atoms with Gasteiger partial charge in [0.1, 0.15) is 23.1 Å². The normalized spacial score (nSPS) is 12.3. The molecule has 29 heavy (non-hydrogen) atoms. The SMILES string of the molecule is CCOCCOC(=O)[C@@H](C)Oc1ccc(Oc2ncc(C(F)(F)F)cc2Cl)cc1. The van der Waals surface area contributed by atoms with E-state index in [2.05, 4.69) is 4.98 Å². The largest absolute Gasteiger partial charge is 0.479 e. The molecule has 1 atom stereocenters. The second-order valence-corrected chi connectivity index (χ2v) is 6.11. The molecule has 0 N–H and O–H groups in total. The highest BCUT2D eigenvalue weighted by Crippen LogP contribution is 2.34. The minimum Gasteiger partial charge on any atom is -0.479 e. The van der Waals surface area contributed by atoms with Crippen molar-refractivity contribution in [1.29, 1.82) is 0 Å². The predicted octanol–water partition coefficient (Wildman–Crippen LogP) is 4.89. The van der Waals surface area contributed by atoms with E-state index in [1.54, 1.807) is 6.92 Å². The molecule has 0 fully saturated rings. The molecular formula is C19H19ClF3NO5. The van der Waals surface area contributed by atoms with E-state index in [1.165, 1.54) is 24.3 Å². The number of hydrogen-bond acceptors (Lipinski definition) is 6. The zero-order chi connectivity index (χ0) is 21.4. The van der Waals surface area contributed by atoms with Crippen molar-refractivity contribution in [3.8, 4) is 17.4 Å². The van der Waals surface area contributed by atoms with Gasteiger partial charge < -0.3 is 18.9 Å². The van der Waals surface area contributed by atoms with Crippen LogP contribution in [0.4, 0.5) is 13.2 Å². The number of esters is 1. The molecule has 0 bridgehead atoms. The van der Waals surface area contributed by atoms with Crippen LogP contribution in [0, 0.1) is 0 Å². The van der Waals surface area contributed by atoms with E-state index in [4.69, 9.17) is 30.5 Å². The van der Waals surface area contributed by atoms with E-state index >= 15 is 0 Å². The maximum Gasteiger partial charge on any atom is 0.417 e. The topological polar surface area (TPSA) is 66.9 Å². The Morgan fingerprint density at radius 1 is 1.17 bits per heavy atom. The van der Waals surface area contributed by atoms with Crippen LogP contribution in [0.2, 0.25) is 5.02 Å². The fourth-order valence-corrected chi connectivity index (χ4v) is 2.27. The molecule has 0 aliphatic rings. The lowest BCUT2D eigenvalue weighted by molar-refractivity contribution is -0.152. The van der Waals surface area contributed by atoms with Crippen molar-refractivity contribution in [2.75, 3.05) is 19.8 Å². The van der Waals surface area contributed by atoms with Gasteiger partial charge in [0, 0.05) is 12.8 Å². The summed E-state index contributed by atoms with van der Waals surface area (Å²) in [5.74, 6) is -0.0538. The Balaban J connectivity index is 1.92. The molecule has 10 heteroatoms. The summed E-state index contributed by atoms with van der Waals surface area (Å²) in [6.07, 6.45) is -4.75. The fourth-order valence-electron chi connectivity index (χ4n) is 2.07. The third-order valence-electron chi connectivity index (χ3n) is 3.49. The molecule has 0 saturated carbocycles. The first-order valence-corrected chi connectivity index (χ1v) is 9.00. The number of carbonyl (C=O) groups is 1. The fraction of sp³-hybridized carbons (Fsp3) is 0.368. The van der Waals surface area contributed by atoms with Crippen LogP contribution in [0.5, 0.6) is 17.4 Å². The van der Waals surface area contributed by atoms with Crippen LogP contribution < -0.4 is 9.47 Å². The lowest BCUT2D eigenvalue weighted by Gasteiger charge is -2.14. The number of rotatable bonds is 9. The number of alkyl halides is 3. The number of halogens is 4. The maximum atomic E-state index is 12.6. The first-order valence-electron chi connectivity index (χ1n) is 8.62. The summed E-state index contributed by atoms with van der Waals surface area (Å²) in [5.41, 5.74) is -0.972. The summed E-state index contributed by atoms with van der Waals surface area (Å²) in [7, 11) is 0. The van der Waals surface area contributed by atoms with Gasteiger partial charge in [-0.3, -0.25) is 0 Å². The molecule has 0 radical (unpaired) electrons. The molecule has 2 rings (SSSR count). The highest BCUT2D eigenvalue weighted by molar-refractivity contribution is 6.31. The highest BCUT2D eigenvalue weighted by Gasteiger charge is 2.31. The smallest absolute Gasteiger partial charge is 0.417 e. The molecule has 0 saturated heterocycles. The molecule has 1 heterocycles. The van der Waals surface area contributed by atoms with Crippen molar-refractivity contribution in [2.24, 2.45) is 0 Å². The third kappa shape index (κ3) is 7.10. The number of pyridine rings is 1. The van der Waals surface area contributed by atoms with Crippen molar-refractivity contribution in [3.05, 3.63) is 47.1 Å². The molecule has 6 nitrogen and oxygen atoms in total. The Labute approximate surface area is 170 Å². The molecule has 0 unspecified atom stereocenters. The Morgan fingerprint density at radius 2 is 1.83 bits per heavy atom. The van der Waals surface area contributed by atoms with Gasteiger partial charge in [-0.05, 0) is 44.2 Å². The molecule has 2 aromatic rings. The molecule has 0 aliphatic heterocycles. The van der Waals surface area contributed by atoms with Crippen LogP contribution in [0.3, 0.4) is 0 Å². The van der Waals surface area contributed by atoms with Crippen LogP contribution in [0.15, 0.2) is 36.5 Å². The van der Waals surface area contributed by atoms with Crippen molar-refractivity contribution in [3.63, 3.8) is 0 Å². The van der Waals surface area contributed by atoms with Gasteiger partial charge in [0.2, 0.25) is 5.88 Å². The molecule has 0 amide bonds. The van der Waals surface area contributed by atoms with E-state index in [-0.39, 0.29) is 23.3 Å². The Kier molecular flexibility index (Phi) is 8.10. The molecule has 158 valence electrons. The lowest BCUT2D eigenvalue weighted by atomic mass is 10.3. The van der Waals surface area contributed by atoms with Gasteiger partial charge in [0.25, 0.3) is 0 Å². The highest BCUT2D eigenvalue weighted by atomic mass is 35.5. The second-order valence-electron chi connectivity index (χ2n) is 5.71. The summed E-state index contributed by atoms with van der Waals surface area (Å²) >= 11 is 5.81. The Morgan fingerprint density at radius 3 is 2.41 bits per heavy atom. The van der Waals surface area contributed by atoms with Crippen LogP contribution >= 0.6 is 11.6 Å². The van der Waals surface area contributed by atoms with Crippen LogP contribution in [0.1, 0.15) is 19.4 Å². The first-order chi connectivity index (χ1) is 13.7. The monoisotopic (exact) mass is 433 g/mol. The molecule has 1 aromatic carbocycles. The molecule has 1 aromatic heterocycles. The van der Waals surface area contributed by atoms with Crippen molar-refractivity contribution in [1.82, 2.24) is 4.98 Å². The third-order valence-corrected chi connectivity index (χ3v) is 3.76. The summed E-state index contributed by atoms with van der Waals surface area (Å²) in [5, 5.41) is -0.274. The average Bonchev–Trinajstić information content (AvgIpc) is 2.67. The van der Waals surface area contributed by atoms with Crippen LogP contribution in [-0.4, -0.2) is 36.9 Å². The van der Waals surface area contributed by atoms with E-state index < -0.39 is 23.8 Å². The van der Waals surface area contributed by atoms with Gasteiger partial charge in [-0.2, -0.15) is 13.2 Å². The van der Waals surface area contributed by atoms with E-state index in [1.807, 2.05) is 6.92 Å². The quantitative estimate of drug-likeness (QED) is 0.414. The van der Waals surface area contributed by atoms with Crippen molar-refractivity contribution < 1.29 is 36.9 Å². The molecular weight excluding hydrogens is 415 g/mol. The van der Waals surface area contributed by atoms with Crippen LogP contribution in [0.25, 0.3) is 0 Å². The predicted molar refractivity (Wildman–Crippen MR) is 98.3 cm³/mol. The summed E-state index contributed by atoms with van der Waals surface area (Å²) in [6, 6.07) is 6.78. The van der Waals surface area contributed by atoms with Crippen molar-refractivity contribution in [2.45, 2.75) is 26.1 Å². The van der Waals surface area contributed by atoms with Gasteiger partial charge in [0.15, 0.2) is 6.10 Å². The minimum absolute atomic E-state index is 0.133. The van der Waals surface area contributed by atoms with E-state index in [0.29, 0.717) is 25.2 Å². The minimum atomic E-state index is -4.55. The van der Waals surface area contributed by atoms with Gasteiger partial charge in [-0.1, -0.05) is 11.6 Å². The lowest BCUT2D eigenvalue weighted by Crippen LogP contribution is -2.27. The summed E-state index contributed by atoms with van der Waals surface area (Å²) < 4.78 is 58.9. The number of ether oxygens (including phenoxy) is 4. The van der Waals surface area contributed by atoms with E-state index in [9.17, 15) is 18.0 Å². The van der Waals surface area contributed by atoms with E-state index in [0.717, 1.165) is 6.07 Å². The number of nitrogens with zero attached hydrogens (tertiary/aromatic N) is 1. The Hall–Kier alpha value is -2.52. The molecule has 0 aliphatic carbocycles. The number of aromatic nitrogens is 1. The Bertz CT molecular complexity index is 814. The first kappa shape index (κ1) is 22.8. The molecule has 0 spiro atoms.